The molecule has 0 radical (unpaired) electrons. The molecule has 1 N–H and O–H groups in total. The molecule has 5 heteroatoms. The first kappa shape index (κ1) is 12.2. The van der Waals surface area contributed by atoms with Crippen LogP contribution in [0.15, 0.2) is 16.7 Å². The molecule has 1 saturated heterocycles. The molecule has 1 aromatic heterocycles. The van der Waals surface area contributed by atoms with Crippen LogP contribution in [-0.2, 0) is 0 Å². The zero-order valence-electron chi connectivity index (χ0n) is 10.2. The molecule has 1 atom stereocenters. The molecular weight excluding hydrogens is 296 g/mol. The number of nitrogens with zero attached hydrogens (tertiary/aromatic N) is 2. The van der Waals surface area contributed by atoms with Gasteiger partial charge in [-0.1, -0.05) is 0 Å². The Kier molecular flexibility index (Phi) is 3.20. The minimum absolute atomic E-state index is 0.101. The van der Waals surface area contributed by atoms with Crippen LogP contribution in [-0.4, -0.2) is 40.2 Å². The Balaban J connectivity index is 1.80. The van der Waals surface area contributed by atoms with Crippen LogP contribution < -0.4 is 0 Å². The van der Waals surface area contributed by atoms with Gasteiger partial charge in [0.25, 0.3) is 5.91 Å². The van der Waals surface area contributed by atoms with Gasteiger partial charge in [0.05, 0.1) is 0 Å². The van der Waals surface area contributed by atoms with Crippen molar-refractivity contribution in [1.29, 1.82) is 0 Å². The standard InChI is InChI=1S/C13H17BrN2O2/c14-10-5-12(16(7-10)11-1-2-11)13(18)15-4-3-9(6-15)8-17/h5,7,9,11,17H,1-4,6,8H2. The predicted octanol–water partition coefficient (Wildman–Crippen LogP) is 2.04. The van der Waals surface area contributed by atoms with E-state index in [2.05, 4.69) is 20.5 Å². The van der Waals surface area contributed by atoms with Crippen LogP contribution >= 0.6 is 15.9 Å². The molecular formula is C13H17BrN2O2. The lowest BCUT2D eigenvalue weighted by Crippen LogP contribution is -2.30. The summed E-state index contributed by atoms with van der Waals surface area (Å²) in [4.78, 5) is 14.3. The Labute approximate surface area is 115 Å². The number of aliphatic hydroxyl groups excluding tert-OH is 1. The SMILES string of the molecule is O=C(c1cc(Br)cn1C1CC1)N1CCC(CO)C1. The molecule has 4 nitrogen and oxygen atoms in total. The first-order valence-electron chi connectivity index (χ1n) is 6.46. The molecule has 1 unspecified atom stereocenters. The number of rotatable bonds is 3. The highest BCUT2D eigenvalue weighted by Crippen LogP contribution is 2.38. The van der Waals surface area contributed by atoms with Crippen LogP contribution in [0.1, 0.15) is 35.8 Å². The van der Waals surface area contributed by atoms with E-state index in [-0.39, 0.29) is 18.4 Å². The highest BCUT2D eigenvalue weighted by Gasteiger charge is 2.32. The second-order valence-electron chi connectivity index (χ2n) is 5.27. The average molecular weight is 313 g/mol. The lowest BCUT2D eigenvalue weighted by molar-refractivity contribution is 0.0771. The average Bonchev–Trinajstić information content (AvgIpc) is 2.97. The second kappa shape index (κ2) is 4.70. The highest BCUT2D eigenvalue weighted by molar-refractivity contribution is 9.10. The normalized spacial score (nSPS) is 23.7. The van der Waals surface area contributed by atoms with E-state index in [1.165, 1.54) is 12.8 Å². The summed E-state index contributed by atoms with van der Waals surface area (Å²) < 4.78 is 3.06. The van der Waals surface area contributed by atoms with Gasteiger partial charge >= 0.3 is 0 Å². The van der Waals surface area contributed by atoms with Gasteiger partial charge < -0.3 is 14.6 Å². The molecule has 0 bridgehead atoms. The number of hydrogen-bond donors (Lipinski definition) is 1. The smallest absolute Gasteiger partial charge is 0.270 e. The highest BCUT2D eigenvalue weighted by atomic mass is 79.9. The number of aromatic nitrogens is 1. The molecule has 1 aromatic rings. The zero-order valence-corrected chi connectivity index (χ0v) is 11.8. The Hall–Kier alpha value is -0.810. The third kappa shape index (κ3) is 2.21. The third-order valence-corrected chi connectivity index (χ3v) is 4.24. The van der Waals surface area contributed by atoms with Crippen LogP contribution in [0, 0.1) is 5.92 Å². The quantitative estimate of drug-likeness (QED) is 0.928. The van der Waals surface area contributed by atoms with Gasteiger partial charge in [0, 0.05) is 42.3 Å². The number of halogens is 1. The lowest BCUT2D eigenvalue weighted by Gasteiger charge is -2.17. The predicted molar refractivity (Wildman–Crippen MR) is 71.5 cm³/mol. The third-order valence-electron chi connectivity index (χ3n) is 3.81. The lowest BCUT2D eigenvalue weighted by atomic mass is 10.1. The Morgan fingerprint density at radius 2 is 2.22 bits per heavy atom. The van der Waals surface area contributed by atoms with Gasteiger partial charge in [-0.3, -0.25) is 4.79 Å². The van der Waals surface area contributed by atoms with Crippen molar-refractivity contribution in [3.8, 4) is 0 Å². The van der Waals surface area contributed by atoms with E-state index in [0.29, 0.717) is 12.6 Å². The molecule has 2 aliphatic rings. The summed E-state index contributed by atoms with van der Waals surface area (Å²) in [6.07, 6.45) is 5.25. The van der Waals surface area contributed by atoms with Crippen LogP contribution in [0.25, 0.3) is 0 Å². The Morgan fingerprint density at radius 1 is 1.44 bits per heavy atom. The van der Waals surface area contributed by atoms with Crippen molar-refractivity contribution in [1.82, 2.24) is 9.47 Å². The number of hydrogen-bond acceptors (Lipinski definition) is 2. The van der Waals surface area contributed by atoms with Crippen molar-refractivity contribution < 1.29 is 9.90 Å². The topological polar surface area (TPSA) is 45.5 Å². The van der Waals surface area contributed by atoms with E-state index in [1.54, 1.807) is 0 Å². The summed E-state index contributed by atoms with van der Waals surface area (Å²) in [6.45, 7) is 1.62. The van der Waals surface area contributed by atoms with E-state index in [4.69, 9.17) is 5.11 Å². The number of amides is 1. The number of likely N-dealkylation sites (tertiary alicyclic amines) is 1. The van der Waals surface area contributed by atoms with Gasteiger partial charge in [-0.15, -0.1) is 0 Å². The second-order valence-corrected chi connectivity index (χ2v) is 6.19. The monoisotopic (exact) mass is 312 g/mol. The van der Waals surface area contributed by atoms with E-state index >= 15 is 0 Å². The van der Waals surface area contributed by atoms with E-state index in [1.807, 2.05) is 17.2 Å². The summed E-state index contributed by atoms with van der Waals surface area (Å²) in [5.41, 5.74) is 0.781. The number of aliphatic hydroxyl groups is 1. The van der Waals surface area contributed by atoms with Gasteiger partial charge in [-0.25, -0.2) is 0 Å². The fraction of sp³-hybridized carbons (Fsp3) is 0.615. The van der Waals surface area contributed by atoms with E-state index < -0.39 is 0 Å². The zero-order chi connectivity index (χ0) is 12.7. The molecule has 1 saturated carbocycles. The van der Waals surface area contributed by atoms with Crippen molar-refractivity contribution in [3.05, 3.63) is 22.4 Å². The van der Waals surface area contributed by atoms with Gasteiger partial charge in [0.1, 0.15) is 5.69 Å². The molecule has 0 aromatic carbocycles. The van der Waals surface area contributed by atoms with Crippen molar-refractivity contribution in [2.45, 2.75) is 25.3 Å². The summed E-state index contributed by atoms with van der Waals surface area (Å²) in [6, 6.07) is 2.42. The molecule has 1 aliphatic heterocycles. The van der Waals surface area contributed by atoms with E-state index in [0.717, 1.165) is 23.1 Å². The maximum absolute atomic E-state index is 12.5. The van der Waals surface area contributed by atoms with Crippen molar-refractivity contribution in [2.75, 3.05) is 19.7 Å². The first-order chi connectivity index (χ1) is 8.69. The van der Waals surface area contributed by atoms with Gasteiger partial charge in [-0.2, -0.15) is 0 Å². The number of carbonyl (C=O) groups excluding carboxylic acids is 1. The molecule has 0 spiro atoms. The largest absolute Gasteiger partial charge is 0.396 e. The van der Waals surface area contributed by atoms with Crippen LogP contribution in [0.5, 0.6) is 0 Å². The summed E-state index contributed by atoms with van der Waals surface area (Å²) >= 11 is 3.45. The summed E-state index contributed by atoms with van der Waals surface area (Å²) in [5.74, 6) is 0.352. The number of carbonyl (C=O) groups is 1. The van der Waals surface area contributed by atoms with Crippen molar-refractivity contribution >= 4 is 21.8 Å². The minimum atomic E-state index is 0.101. The van der Waals surface area contributed by atoms with Gasteiger partial charge in [-0.05, 0) is 41.3 Å². The fourth-order valence-electron chi connectivity index (χ4n) is 2.60. The van der Waals surface area contributed by atoms with Gasteiger partial charge in [0.2, 0.25) is 0 Å². The molecule has 2 fully saturated rings. The molecule has 1 aliphatic carbocycles. The first-order valence-corrected chi connectivity index (χ1v) is 7.26. The summed E-state index contributed by atoms with van der Waals surface area (Å²) in [5, 5.41) is 9.14. The van der Waals surface area contributed by atoms with Crippen LogP contribution in [0.3, 0.4) is 0 Å². The van der Waals surface area contributed by atoms with Crippen molar-refractivity contribution in [2.24, 2.45) is 5.92 Å². The maximum Gasteiger partial charge on any atom is 0.270 e. The molecule has 2 heterocycles. The Morgan fingerprint density at radius 3 is 2.83 bits per heavy atom. The fourth-order valence-corrected chi connectivity index (χ4v) is 3.04. The van der Waals surface area contributed by atoms with E-state index in [9.17, 15) is 4.79 Å². The molecule has 18 heavy (non-hydrogen) atoms. The minimum Gasteiger partial charge on any atom is -0.396 e. The van der Waals surface area contributed by atoms with Crippen molar-refractivity contribution in [3.63, 3.8) is 0 Å². The molecule has 3 rings (SSSR count). The summed E-state index contributed by atoms with van der Waals surface area (Å²) in [7, 11) is 0. The van der Waals surface area contributed by atoms with Crippen LogP contribution in [0.4, 0.5) is 0 Å². The maximum atomic E-state index is 12.5. The van der Waals surface area contributed by atoms with Crippen LogP contribution in [0.2, 0.25) is 0 Å². The molecule has 1 amide bonds. The van der Waals surface area contributed by atoms with Gasteiger partial charge in [0.15, 0.2) is 0 Å². The Bertz CT molecular complexity index is 468. The molecule has 98 valence electrons.